The average Bonchev–Trinajstić information content (AvgIpc) is 2.15. The molecule has 0 saturated carbocycles. The van der Waals surface area contributed by atoms with Gasteiger partial charge in [0.1, 0.15) is 0 Å². The molecule has 1 unspecified atom stereocenters. The molecule has 0 bridgehead atoms. The van der Waals surface area contributed by atoms with Gasteiger partial charge in [-0.15, -0.1) is 6.58 Å². The molecule has 0 aliphatic heterocycles. The van der Waals surface area contributed by atoms with E-state index in [1.165, 1.54) is 11.1 Å². The molecule has 0 fully saturated rings. The van der Waals surface area contributed by atoms with Gasteiger partial charge >= 0.3 is 0 Å². The van der Waals surface area contributed by atoms with Crippen LogP contribution in [-0.2, 0) is 0 Å². The maximum absolute atomic E-state index is 5.83. The van der Waals surface area contributed by atoms with Crippen LogP contribution in [0, 0.1) is 0 Å². The van der Waals surface area contributed by atoms with E-state index < -0.39 is 0 Å². The van der Waals surface area contributed by atoms with Crippen LogP contribution in [0.1, 0.15) is 24.9 Å². The van der Waals surface area contributed by atoms with Crippen LogP contribution in [0.5, 0.6) is 0 Å². The monoisotopic (exact) mass is 209 g/mol. The number of benzene rings is 1. The van der Waals surface area contributed by atoms with E-state index in [4.69, 9.17) is 11.6 Å². The summed E-state index contributed by atoms with van der Waals surface area (Å²) in [6, 6.07) is 8.27. The molecule has 0 aromatic heterocycles. The molecule has 1 nitrogen and oxygen atoms in total. The van der Waals surface area contributed by atoms with Gasteiger partial charge in [-0.05, 0) is 38.1 Å². The first kappa shape index (κ1) is 11.3. The lowest BCUT2D eigenvalue weighted by atomic mass is 10.0. The summed E-state index contributed by atoms with van der Waals surface area (Å²) in [5.41, 5.74) is 2.43. The van der Waals surface area contributed by atoms with Crippen LogP contribution in [0.4, 0.5) is 0 Å². The Kier molecular flexibility index (Phi) is 4.18. The van der Waals surface area contributed by atoms with Crippen LogP contribution in [0.3, 0.4) is 0 Å². The predicted molar refractivity (Wildman–Crippen MR) is 62.7 cm³/mol. The molecular weight excluding hydrogens is 194 g/mol. The number of rotatable bonds is 4. The highest BCUT2D eigenvalue weighted by atomic mass is 35.5. The van der Waals surface area contributed by atoms with Crippen molar-refractivity contribution in [2.45, 2.75) is 19.4 Å². The fourth-order valence-corrected chi connectivity index (χ4v) is 1.56. The van der Waals surface area contributed by atoms with Gasteiger partial charge in [-0.2, -0.15) is 0 Å². The lowest BCUT2D eigenvalue weighted by Gasteiger charge is -2.16. The van der Waals surface area contributed by atoms with Gasteiger partial charge in [0.25, 0.3) is 0 Å². The molecule has 1 rings (SSSR count). The van der Waals surface area contributed by atoms with Crippen molar-refractivity contribution >= 4 is 11.6 Å². The maximum atomic E-state index is 5.83. The molecule has 1 aromatic rings. The summed E-state index contributed by atoms with van der Waals surface area (Å²) in [7, 11) is 1.96. The third kappa shape index (κ3) is 3.17. The summed E-state index contributed by atoms with van der Waals surface area (Å²) < 4.78 is 0. The zero-order valence-corrected chi connectivity index (χ0v) is 9.43. The second-order valence-corrected chi connectivity index (χ2v) is 3.99. The lowest BCUT2D eigenvalue weighted by Crippen LogP contribution is -2.16. The normalized spacial score (nSPS) is 12.5. The SMILES string of the molecule is C=C(C)CC(NC)c1ccc(Cl)cc1. The molecule has 0 heterocycles. The minimum atomic E-state index is 0.338. The van der Waals surface area contributed by atoms with Crippen LogP contribution in [0.25, 0.3) is 0 Å². The maximum Gasteiger partial charge on any atom is 0.0406 e. The van der Waals surface area contributed by atoms with E-state index in [2.05, 4.69) is 11.9 Å². The van der Waals surface area contributed by atoms with Crippen molar-refractivity contribution in [1.82, 2.24) is 5.32 Å². The lowest BCUT2D eigenvalue weighted by molar-refractivity contribution is 0.590. The summed E-state index contributed by atoms with van der Waals surface area (Å²) in [5, 5.41) is 4.04. The van der Waals surface area contributed by atoms with E-state index in [1.54, 1.807) is 0 Å². The van der Waals surface area contributed by atoms with Crippen LogP contribution in [0.15, 0.2) is 36.4 Å². The molecule has 14 heavy (non-hydrogen) atoms. The summed E-state index contributed by atoms with van der Waals surface area (Å²) in [4.78, 5) is 0. The number of hydrogen-bond donors (Lipinski definition) is 1. The highest BCUT2D eigenvalue weighted by molar-refractivity contribution is 6.30. The molecule has 76 valence electrons. The van der Waals surface area contributed by atoms with Crippen LogP contribution >= 0.6 is 11.6 Å². The topological polar surface area (TPSA) is 12.0 Å². The van der Waals surface area contributed by atoms with Crippen LogP contribution in [0.2, 0.25) is 5.02 Å². The van der Waals surface area contributed by atoms with E-state index in [9.17, 15) is 0 Å². The van der Waals surface area contributed by atoms with E-state index in [0.717, 1.165) is 11.4 Å². The first-order valence-electron chi connectivity index (χ1n) is 4.70. The molecule has 1 atom stereocenters. The Morgan fingerprint density at radius 2 is 2.00 bits per heavy atom. The van der Waals surface area contributed by atoms with Gasteiger partial charge in [0.15, 0.2) is 0 Å². The largest absolute Gasteiger partial charge is 0.313 e. The summed E-state index contributed by atoms with van der Waals surface area (Å²) >= 11 is 5.83. The highest BCUT2D eigenvalue weighted by Gasteiger charge is 2.08. The minimum absolute atomic E-state index is 0.338. The van der Waals surface area contributed by atoms with Crippen LogP contribution in [-0.4, -0.2) is 7.05 Å². The molecule has 0 spiro atoms. The van der Waals surface area contributed by atoms with Crippen molar-refractivity contribution in [2.75, 3.05) is 7.05 Å². The third-order valence-electron chi connectivity index (χ3n) is 2.17. The standard InChI is InChI=1S/C12H16ClN/c1-9(2)8-12(14-3)10-4-6-11(13)7-5-10/h4-7,12,14H,1,8H2,2-3H3. The molecule has 0 amide bonds. The quantitative estimate of drug-likeness (QED) is 0.748. The zero-order chi connectivity index (χ0) is 10.6. The fourth-order valence-electron chi connectivity index (χ4n) is 1.43. The Balaban J connectivity index is 2.78. The summed E-state index contributed by atoms with van der Waals surface area (Å²) in [6.45, 7) is 5.96. The molecule has 1 N–H and O–H groups in total. The molecule has 2 heteroatoms. The Morgan fingerprint density at radius 1 is 1.43 bits per heavy atom. The molecule has 0 radical (unpaired) electrons. The fraction of sp³-hybridized carbons (Fsp3) is 0.333. The van der Waals surface area contributed by atoms with Gasteiger partial charge in [-0.25, -0.2) is 0 Å². The van der Waals surface area contributed by atoms with Crippen molar-refractivity contribution in [1.29, 1.82) is 0 Å². The molecule has 0 aliphatic carbocycles. The number of hydrogen-bond acceptors (Lipinski definition) is 1. The summed E-state index contributed by atoms with van der Waals surface area (Å²) in [6.07, 6.45) is 0.956. The van der Waals surface area contributed by atoms with Crippen molar-refractivity contribution in [3.05, 3.63) is 47.0 Å². The van der Waals surface area contributed by atoms with Gasteiger partial charge in [0, 0.05) is 11.1 Å². The van der Waals surface area contributed by atoms with E-state index in [1.807, 2.05) is 38.2 Å². The Hall–Kier alpha value is -0.790. The Morgan fingerprint density at radius 3 is 2.43 bits per heavy atom. The highest BCUT2D eigenvalue weighted by Crippen LogP contribution is 2.21. The van der Waals surface area contributed by atoms with E-state index in [-0.39, 0.29) is 0 Å². The number of nitrogens with one attached hydrogen (secondary N) is 1. The van der Waals surface area contributed by atoms with Crippen LogP contribution < -0.4 is 5.32 Å². The first-order valence-corrected chi connectivity index (χ1v) is 5.08. The molecule has 1 aromatic carbocycles. The Labute approximate surface area is 90.8 Å². The van der Waals surface area contributed by atoms with E-state index >= 15 is 0 Å². The molecular formula is C12H16ClN. The van der Waals surface area contributed by atoms with Crippen molar-refractivity contribution in [3.63, 3.8) is 0 Å². The van der Waals surface area contributed by atoms with Gasteiger partial charge in [0.05, 0.1) is 0 Å². The average molecular weight is 210 g/mol. The first-order chi connectivity index (χ1) is 6.63. The minimum Gasteiger partial charge on any atom is -0.313 e. The van der Waals surface area contributed by atoms with Gasteiger partial charge in [-0.3, -0.25) is 0 Å². The summed E-state index contributed by atoms with van der Waals surface area (Å²) in [5.74, 6) is 0. The van der Waals surface area contributed by atoms with Crippen molar-refractivity contribution in [3.8, 4) is 0 Å². The van der Waals surface area contributed by atoms with Gasteiger partial charge < -0.3 is 5.32 Å². The number of halogens is 1. The van der Waals surface area contributed by atoms with E-state index in [0.29, 0.717) is 6.04 Å². The van der Waals surface area contributed by atoms with Gasteiger partial charge in [-0.1, -0.05) is 29.3 Å². The van der Waals surface area contributed by atoms with Crippen molar-refractivity contribution in [2.24, 2.45) is 0 Å². The second-order valence-electron chi connectivity index (χ2n) is 3.55. The van der Waals surface area contributed by atoms with Crippen molar-refractivity contribution < 1.29 is 0 Å². The third-order valence-corrected chi connectivity index (χ3v) is 2.43. The zero-order valence-electron chi connectivity index (χ0n) is 8.68. The van der Waals surface area contributed by atoms with Gasteiger partial charge in [0.2, 0.25) is 0 Å². The smallest absolute Gasteiger partial charge is 0.0406 e. The molecule has 0 saturated heterocycles. The predicted octanol–water partition coefficient (Wildman–Crippen LogP) is 3.57. The molecule has 0 aliphatic rings. The second kappa shape index (κ2) is 5.18. The Bertz CT molecular complexity index is 303.